The summed E-state index contributed by atoms with van der Waals surface area (Å²) in [5.41, 5.74) is 3.33. The summed E-state index contributed by atoms with van der Waals surface area (Å²) < 4.78 is 1.99. The first kappa shape index (κ1) is 14.5. The van der Waals surface area contributed by atoms with Crippen LogP contribution < -0.4 is 0 Å². The Balaban J connectivity index is 1.78. The Morgan fingerprint density at radius 3 is 2.50 bits per heavy atom. The van der Waals surface area contributed by atoms with E-state index in [0.29, 0.717) is 0 Å². The molecule has 0 saturated carbocycles. The summed E-state index contributed by atoms with van der Waals surface area (Å²) in [7, 11) is 2.11. The molecule has 0 fully saturated rings. The molecular weight excluding hydrogens is 272 g/mol. The normalized spacial score (nSPS) is 12.5. The molecule has 0 amide bonds. The first-order valence-electron chi connectivity index (χ1n) is 7.45. The summed E-state index contributed by atoms with van der Waals surface area (Å²) in [6.07, 6.45) is 3.69. The lowest BCUT2D eigenvalue weighted by Crippen LogP contribution is -2.24. The van der Waals surface area contributed by atoms with Crippen LogP contribution in [-0.2, 0) is 6.54 Å². The maximum Gasteiger partial charge on any atom is 0.0649 e. The van der Waals surface area contributed by atoms with Crippen LogP contribution in [0.5, 0.6) is 0 Å². The number of pyridine rings is 1. The molecule has 2 aromatic heterocycles. The molecule has 3 aromatic rings. The molecule has 22 heavy (non-hydrogen) atoms. The smallest absolute Gasteiger partial charge is 0.0649 e. The van der Waals surface area contributed by atoms with Gasteiger partial charge in [-0.3, -0.25) is 9.88 Å². The second kappa shape index (κ2) is 6.54. The molecule has 4 nitrogen and oxygen atoms in total. The third kappa shape index (κ3) is 3.07. The van der Waals surface area contributed by atoms with Crippen molar-refractivity contribution in [2.75, 3.05) is 7.05 Å². The quantitative estimate of drug-likeness (QED) is 0.722. The maximum absolute atomic E-state index is 4.45. The molecule has 112 valence electrons. The summed E-state index contributed by atoms with van der Waals surface area (Å²) in [6.45, 7) is 2.98. The van der Waals surface area contributed by atoms with E-state index in [1.807, 2.05) is 47.4 Å². The molecule has 0 bridgehead atoms. The van der Waals surface area contributed by atoms with E-state index in [1.165, 1.54) is 0 Å². The van der Waals surface area contributed by atoms with E-state index in [0.717, 1.165) is 23.6 Å². The molecule has 2 heterocycles. The Morgan fingerprint density at radius 1 is 1.00 bits per heavy atom. The highest BCUT2D eigenvalue weighted by atomic mass is 15.3. The van der Waals surface area contributed by atoms with E-state index in [9.17, 15) is 0 Å². The van der Waals surface area contributed by atoms with Gasteiger partial charge in [-0.25, -0.2) is 4.68 Å². The van der Waals surface area contributed by atoms with Crippen molar-refractivity contribution in [3.63, 3.8) is 0 Å². The first-order valence-corrected chi connectivity index (χ1v) is 7.45. The monoisotopic (exact) mass is 292 g/mol. The van der Waals surface area contributed by atoms with Crippen molar-refractivity contribution in [2.45, 2.75) is 19.5 Å². The van der Waals surface area contributed by atoms with Crippen LogP contribution in [0.1, 0.15) is 24.4 Å². The van der Waals surface area contributed by atoms with Crippen molar-refractivity contribution in [1.29, 1.82) is 0 Å². The lowest BCUT2D eigenvalue weighted by atomic mass is 10.2. The van der Waals surface area contributed by atoms with Gasteiger partial charge in [-0.1, -0.05) is 24.3 Å². The molecule has 0 aliphatic heterocycles. The van der Waals surface area contributed by atoms with Crippen LogP contribution in [0.3, 0.4) is 0 Å². The highest BCUT2D eigenvalue weighted by Gasteiger charge is 2.15. The van der Waals surface area contributed by atoms with Gasteiger partial charge in [0.25, 0.3) is 0 Å². The number of para-hydroxylation sites is 1. The van der Waals surface area contributed by atoms with Gasteiger partial charge in [-0.2, -0.15) is 5.10 Å². The Morgan fingerprint density at radius 2 is 1.77 bits per heavy atom. The molecule has 0 saturated heterocycles. The fraction of sp³-hybridized carbons (Fsp3) is 0.222. The van der Waals surface area contributed by atoms with Crippen molar-refractivity contribution in [2.24, 2.45) is 0 Å². The minimum absolute atomic E-state index is 0.250. The third-order valence-corrected chi connectivity index (χ3v) is 3.91. The van der Waals surface area contributed by atoms with Gasteiger partial charge < -0.3 is 0 Å². The van der Waals surface area contributed by atoms with Crippen LogP contribution in [0.4, 0.5) is 0 Å². The highest BCUT2D eigenvalue weighted by molar-refractivity contribution is 5.32. The molecule has 0 radical (unpaired) electrons. The number of rotatable bonds is 5. The molecule has 0 unspecified atom stereocenters. The van der Waals surface area contributed by atoms with E-state index in [-0.39, 0.29) is 6.04 Å². The Labute approximate surface area is 131 Å². The summed E-state index contributed by atoms with van der Waals surface area (Å²) in [6, 6.07) is 18.6. The average Bonchev–Trinajstić information content (AvgIpc) is 3.04. The van der Waals surface area contributed by atoms with Crippen molar-refractivity contribution >= 4 is 0 Å². The zero-order chi connectivity index (χ0) is 15.4. The van der Waals surface area contributed by atoms with E-state index in [4.69, 9.17) is 0 Å². The van der Waals surface area contributed by atoms with Crippen molar-refractivity contribution < 1.29 is 0 Å². The predicted molar refractivity (Wildman–Crippen MR) is 87.7 cm³/mol. The van der Waals surface area contributed by atoms with Crippen molar-refractivity contribution in [3.8, 4) is 5.69 Å². The maximum atomic E-state index is 4.45. The third-order valence-electron chi connectivity index (χ3n) is 3.91. The van der Waals surface area contributed by atoms with Gasteiger partial charge in [0, 0.05) is 25.0 Å². The highest BCUT2D eigenvalue weighted by Crippen LogP contribution is 2.19. The fourth-order valence-electron chi connectivity index (χ4n) is 2.49. The molecule has 0 aliphatic carbocycles. The van der Waals surface area contributed by atoms with Crippen molar-refractivity contribution in [3.05, 3.63) is 78.4 Å². The average molecular weight is 292 g/mol. The zero-order valence-corrected chi connectivity index (χ0v) is 12.9. The molecule has 0 spiro atoms. The summed E-state index contributed by atoms with van der Waals surface area (Å²) in [5, 5.41) is 4.45. The van der Waals surface area contributed by atoms with Crippen LogP contribution in [0, 0.1) is 0 Å². The molecule has 1 aromatic carbocycles. The van der Waals surface area contributed by atoms with Crippen LogP contribution in [0.25, 0.3) is 5.69 Å². The van der Waals surface area contributed by atoms with E-state index >= 15 is 0 Å². The minimum Gasteiger partial charge on any atom is -0.292 e. The van der Waals surface area contributed by atoms with Crippen molar-refractivity contribution in [1.82, 2.24) is 19.7 Å². The summed E-state index contributed by atoms with van der Waals surface area (Å²) in [5.74, 6) is 0. The number of nitrogens with zero attached hydrogens (tertiary/aromatic N) is 4. The van der Waals surface area contributed by atoms with E-state index in [1.54, 1.807) is 0 Å². The predicted octanol–water partition coefficient (Wildman–Crippen LogP) is 3.46. The van der Waals surface area contributed by atoms with Gasteiger partial charge in [-0.15, -0.1) is 0 Å². The van der Waals surface area contributed by atoms with Gasteiger partial charge in [0.1, 0.15) is 0 Å². The second-order valence-corrected chi connectivity index (χ2v) is 5.42. The van der Waals surface area contributed by atoms with Crippen LogP contribution >= 0.6 is 0 Å². The van der Waals surface area contributed by atoms with E-state index < -0.39 is 0 Å². The number of hydrogen-bond donors (Lipinski definition) is 0. The SMILES string of the molecule is C[C@H](c1ccccn1)N(C)Cc1ccnn1-c1ccccc1. The number of benzene rings is 1. The molecule has 4 heteroatoms. The second-order valence-electron chi connectivity index (χ2n) is 5.42. The Hall–Kier alpha value is -2.46. The van der Waals surface area contributed by atoms with E-state index in [2.05, 4.69) is 53.2 Å². The van der Waals surface area contributed by atoms with Gasteiger partial charge >= 0.3 is 0 Å². The van der Waals surface area contributed by atoms with Crippen LogP contribution in [0.2, 0.25) is 0 Å². The van der Waals surface area contributed by atoms with Gasteiger partial charge in [0.05, 0.1) is 17.1 Å². The molecule has 0 N–H and O–H groups in total. The number of aromatic nitrogens is 3. The molecule has 0 aliphatic rings. The van der Waals surface area contributed by atoms with Gasteiger partial charge in [0.2, 0.25) is 0 Å². The number of hydrogen-bond acceptors (Lipinski definition) is 3. The van der Waals surface area contributed by atoms with Crippen LogP contribution in [0.15, 0.2) is 67.0 Å². The van der Waals surface area contributed by atoms with Gasteiger partial charge in [0.15, 0.2) is 0 Å². The fourth-order valence-corrected chi connectivity index (χ4v) is 2.49. The summed E-state index contributed by atoms with van der Waals surface area (Å²) >= 11 is 0. The molecule has 1 atom stereocenters. The largest absolute Gasteiger partial charge is 0.292 e. The Kier molecular flexibility index (Phi) is 4.30. The minimum atomic E-state index is 0.250. The topological polar surface area (TPSA) is 34.0 Å². The van der Waals surface area contributed by atoms with Crippen LogP contribution in [-0.4, -0.2) is 26.7 Å². The standard InChI is InChI=1S/C18H20N4/c1-15(18-10-6-7-12-19-18)21(2)14-17-11-13-20-22(17)16-8-4-3-5-9-16/h3-13,15H,14H2,1-2H3/t15-/m1/s1. The summed E-state index contributed by atoms with van der Waals surface area (Å²) in [4.78, 5) is 6.72. The lowest BCUT2D eigenvalue weighted by molar-refractivity contribution is 0.243. The molecular formula is C18H20N4. The molecule has 3 rings (SSSR count). The first-order chi connectivity index (χ1) is 10.8. The lowest BCUT2D eigenvalue weighted by Gasteiger charge is -2.24. The van der Waals surface area contributed by atoms with Gasteiger partial charge in [-0.05, 0) is 44.3 Å². The zero-order valence-electron chi connectivity index (χ0n) is 12.9. The Bertz CT molecular complexity index is 706.